The van der Waals surface area contributed by atoms with Crippen molar-refractivity contribution in [1.29, 1.82) is 0 Å². The summed E-state index contributed by atoms with van der Waals surface area (Å²) < 4.78 is 11.5. The second kappa shape index (κ2) is 6.08. The number of rotatable bonds is 4. The maximum Gasteiger partial charge on any atom is 0.185 e. The normalized spacial score (nSPS) is 31.7. The number of nitrogens with zero attached hydrogens (tertiary/aromatic N) is 1. The van der Waals surface area contributed by atoms with Gasteiger partial charge in [-0.1, -0.05) is 35.3 Å². The molecule has 2 fully saturated rings. The molecule has 0 amide bonds. The van der Waals surface area contributed by atoms with Gasteiger partial charge in [0.25, 0.3) is 0 Å². The summed E-state index contributed by atoms with van der Waals surface area (Å²) in [7, 11) is 0. The van der Waals surface area contributed by atoms with Crippen LogP contribution in [0.1, 0.15) is 44.6 Å². The van der Waals surface area contributed by atoms with Gasteiger partial charge in [0, 0.05) is 11.6 Å². The van der Waals surface area contributed by atoms with E-state index < -0.39 is 0 Å². The first-order valence-corrected chi connectivity index (χ1v) is 8.90. The summed E-state index contributed by atoms with van der Waals surface area (Å²) in [5.74, 6) is 0.139. The van der Waals surface area contributed by atoms with E-state index in [0.29, 0.717) is 6.61 Å². The molecule has 4 rings (SSSR count). The second-order valence-electron chi connectivity index (χ2n) is 6.60. The quantitative estimate of drug-likeness (QED) is 0.776. The van der Waals surface area contributed by atoms with Crippen LogP contribution in [0.5, 0.6) is 0 Å². The Bertz CT molecular complexity index is 595. The highest BCUT2D eigenvalue weighted by Gasteiger charge is 2.61. The number of epoxide rings is 1. The van der Waals surface area contributed by atoms with Crippen molar-refractivity contribution in [2.75, 3.05) is 6.61 Å². The van der Waals surface area contributed by atoms with E-state index in [-0.39, 0.29) is 23.9 Å². The minimum absolute atomic E-state index is 0.0463. The monoisotopic (exact) mass is 335 g/mol. The van der Waals surface area contributed by atoms with Crippen molar-refractivity contribution in [1.82, 2.24) is 0 Å². The molecule has 1 saturated carbocycles. The molecule has 4 nitrogen and oxygen atoms in total. The minimum Gasteiger partial charge on any atom is -0.388 e. The lowest BCUT2D eigenvalue weighted by molar-refractivity contribution is -0.0752. The van der Waals surface area contributed by atoms with E-state index in [1.54, 1.807) is 0 Å². The van der Waals surface area contributed by atoms with Crippen molar-refractivity contribution in [3.8, 4) is 0 Å². The molecule has 5 heteroatoms. The van der Waals surface area contributed by atoms with E-state index in [0.717, 1.165) is 29.1 Å². The van der Waals surface area contributed by atoms with Gasteiger partial charge < -0.3 is 14.3 Å². The number of oxime groups is 1. The smallest absolute Gasteiger partial charge is 0.185 e. The van der Waals surface area contributed by atoms with Gasteiger partial charge in [-0.05, 0) is 50.3 Å². The zero-order valence-corrected chi connectivity index (χ0v) is 14.1. The fourth-order valence-electron chi connectivity index (χ4n) is 4.01. The molecular formula is C18H22ClNO3. The highest BCUT2D eigenvalue weighted by molar-refractivity contribution is 6.30. The molecule has 3 unspecified atom stereocenters. The average Bonchev–Trinajstić information content (AvgIpc) is 3.23. The molecule has 23 heavy (non-hydrogen) atoms. The zero-order chi connectivity index (χ0) is 15.9. The third kappa shape index (κ3) is 2.77. The third-order valence-electron chi connectivity index (χ3n) is 5.17. The van der Waals surface area contributed by atoms with E-state index in [1.165, 1.54) is 19.3 Å². The van der Waals surface area contributed by atoms with Crippen molar-refractivity contribution in [2.24, 2.45) is 11.1 Å². The number of hydrogen-bond donors (Lipinski definition) is 0. The van der Waals surface area contributed by atoms with Gasteiger partial charge in [-0.25, -0.2) is 0 Å². The van der Waals surface area contributed by atoms with Crippen molar-refractivity contribution < 1.29 is 14.3 Å². The lowest BCUT2D eigenvalue weighted by Crippen LogP contribution is -2.44. The molecule has 0 bridgehead atoms. The molecule has 1 aliphatic carbocycles. The zero-order valence-electron chi connectivity index (χ0n) is 13.3. The van der Waals surface area contributed by atoms with E-state index >= 15 is 0 Å². The number of hydrogen-bond acceptors (Lipinski definition) is 4. The van der Waals surface area contributed by atoms with Crippen LogP contribution in [0.4, 0.5) is 0 Å². The molecule has 1 spiro atoms. The summed E-state index contributed by atoms with van der Waals surface area (Å²) in [4.78, 5) is 6.04. The van der Waals surface area contributed by atoms with Gasteiger partial charge in [0.2, 0.25) is 0 Å². The van der Waals surface area contributed by atoms with Gasteiger partial charge in [-0.15, -0.1) is 0 Å². The fraction of sp³-hybridized carbons (Fsp3) is 0.611. The topological polar surface area (TPSA) is 43.3 Å². The first-order valence-electron chi connectivity index (χ1n) is 8.52. The molecule has 0 radical (unpaired) electrons. The van der Waals surface area contributed by atoms with Gasteiger partial charge in [0.15, 0.2) is 6.29 Å². The predicted molar refractivity (Wildman–Crippen MR) is 88.7 cm³/mol. The maximum absolute atomic E-state index is 6.04. The molecule has 0 aromatic heterocycles. The van der Waals surface area contributed by atoms with Crippen LogP contribution in [-0.2, 0) is 14.3 Å². The summed E-state index contributed by atoms with van der Waals surface area (Å²) in [6.07, 6.45) is 5.65. The van der Waals surface area contributed by atoms with Gasteiger partial charge in [-0.3, -0.25) is 0 Å². The Morgan fingerprint density at radius 2 is 1.96 bits per heavy atom. The Morgan fingerprint density at radius 1 is 1.22 bits per heavy atom. The molecular weight excluding hydrogens is 314 g/mol. The van der Waals surface area contributed by atoms with Crippen LogP contribution in [0, 0.1) is 5.92 Å². The Balaban J connectivity index is 1.64. The van der Waals surface area contributed by atoms with Crippen molar-refractivity contribution in [3.63, 3.8) is 0 Å². The van der Waals surface area contributed by atoms with Crippen LogP contribution in [0.15, 0.2) is 29.4 Å². The number of ether oxygens (including phenoxy) is 2. The van der Waals surface area contributed by atoms with Crippen LogP contribution in [-0.4, -0.2) is 30.3 Å². The first-order chi connectivity index (χ1) is 11.2. The van der Waals surface area contributed by atoms with Crippen LogP contribution in [0.25, 0.3) is 0 Å². The lowest BCUT2D eigenvalue weighted by atomic mass is 9.71. The van der Waals surface area contributed by atoms with E-state index in [4.69, 9.17) is 25.9 Å². The van der Waals surface area contributed by atoms with Gasteiger partial charge in [0.05, 0.1) is 11.6 Å². The largest absolute Gasteiger partial charge is 0.388 e. The Labute approximate surface area is 141 Å². The summed E-state index contributed by atoms with van der Waals surface area (Å²) in [5.41, 5.74) is 1.83. The van der Waals surface area contributed by atoms with Crippen molar-refractivity contribution in [3.05, 3.63) is 34.9 Å². The molecule has 1 saturated heterocycles. The molecule has 124 valence electrons. The van der Waals surface area contributed by atoms with Crippen LogP contribution >= 0.6 is 11.6 Å². The molecule has 3 aliphatic rings. The summed E-state index contributed by atoms with van der Waals surface area (Å²) in [5, 5.41) is 5.22. The fourth-order valence-corrected chi connectivity index (χ4v) is 4.13. The van der Waals surface area contributed by atoms with Crippen LogP contribution < -0.4 is 0 Å². The van der Waals surface area contributed by atoms with E-state index in [9.17, 15) is 0 Å². The second-order valence-corrected chi connectivity index (χ2v) is 7.04. The number of halogens is 1. The van der Waals surface area contributed by atoms with Crippen molar-refractivity contribution >= 4 is 17.3 Å². The van der Waals surface area contributed by atoms with E-state index in [2.05, 4.69) is 5.16 Å². The molecule has 2 heterocycles. The van der Waals surface area contributed by atoms with Gasteiger partial charge in [-0.2, -0.15) is 0 Å². The summed E-state index contributed by atoms with van der Waals surface area (Å²) in [6, 6.07) is 7.82. The van der Waals surface area contributed by atoms with Crippen LogP contribution in [0.2, 0.25) is 5.02 Å². The summed E-state index contributed by atoms with van der Waals surface area (Å²) >= 11 is 6.02. The minimum atomic E-state index is -0.219. The van der Waals surface area contributed by atoms with E-state index in [1.807, 2.05) is 31.2 Å². The maximum atomic E-state index is 6.04. The highest BCUT2D eigenvalue weighted by Crippen LogP contribution is 2.50. The Kier molecular flexibility index (Phi) is 4.08. The average molecular weight is 336 g/mol. The van der Waals surface area contributed by atoms with Gasteiger partial charge >= 0.3 is 0 Å². The van der Waals surface area contributed by atoms with Crippen molar-refractivity contribution in [2.45, 2.75) is 57.0 Å². The Hall–Kier alpha value is -1.10. The predicted octanol–water partition coefficient (Wildman–Crippen LogP) is 4.15. The van der Waals surface area contributed by atoms with Gasteiger partial charge in [0.1, 0.15) is 11.7 Å². The molecule has 0 N–H and O–H groups in total. The first kappa shape index (κ1) is 15.4. The van der Waals surface area contributed by atoms with Crippen LogP contribution in [0.3, 0.4) is 0 Å². The molecule has 3 atom stereocenters. The molecule has 2 aliphatic heterocycles. The summed E-state index contributed by atoms with van der Waals surface area (Å²) in [6.45, 7) is 2.66. The highest BCUT2D eigenvalue weighted by atomic mass is 35.5. The standard InChI is InChI=1S/C18H22ClNO3/c1-2-21-17-16(22-17)14-15(12-6-8-13(19)9-7-12)20-23-18(14)10-4-3-5-11-18/h6-9,14,16-17H,2-5,10-11H2,1H3. The third-order valence-corrected chi connectivity index (χ3v) is 5.42. The Morgan fingerprint density at radius 3 is 2.65 bits per heavy atom. The molecule has 1 aromatic rings. The molecule has 1 aromatic carbocycles. The SMILES string of the molecule is CCOC1OC1C1C(c2ccc(Cl)cc2)=NOC12CCCCC2. The lowest BCUT2D eigenvalue weighted by Gasteiger charge is -2.35. The number of benzene rings is 1.